The van der Waals surface area contributed by atoms with Gasteiger partial charge in [-0.05, 0) is 55.9 Å². The standard InChI is InChI=1S/C25H23F3N4O/c1-15-5-4-6-19(23(15)20-7-2-3-10-29-20)24(33)32-18-8-9-21(32)16(11-18)12-22-30-13-17(14-31-22)25(26,27)28/h2-7,10,13-14,16,18,21H,8-9,11-12H2,1H3. The third-order valence-corrected chi connectivity index (χ3v) is 6.80. The van der Waals surface area contributed by atoms with Gasteiger partial charge in [0.25, 0.3) is 5.91 Å². The summed E-state index contributed by atoms with van der Waals surface area (Å²) in [7, 11) is 0. The minimum Gasteiger partial charge on any atom is -0.332 e. The minimum atomic E-state index is -4.45. The van der Waals surface area contributed by atoms with Crippen molar-refractivity contribution in [3.63, 3.8) is 0 Å². The van der Waals surface area contributed by atoms with E-state index < -0.39 is 11.7 Å². The lowest BCUT2D eigenvalue weighted by Gasteiger charge is -2.26. The molecule has 0 aliphatic carbocycles. The Morgan fingerprint density at radius 1 is 1.06 bits per heavy atom. The summed E-state index contributed by atoms with van der Waals surface area (Å²) in [5.41, 5.74) is 2.38. The van der Waals surface area contributed by atoms with Crippen LogP contribution in [0.4, 0.5) is 13.2 Å². The molecule has 33 heavy (non-hydrogen) atoms. The molecule has 2 aromatic heterocycles. The molecule has 0 spiro atoms. The first kappa shape index (κ1) is 21.6. The van der Waals surface area contributed by atoms with E-state index in [1.807, 2.05) is 48.2 Å². The highest BCUT2D eigenvalue weighted by Crippen LogP contribution is 2.44. The van der Waals surface area contributed by atoms with Crippen molar-refractivity contribution in [1.29, 1.82) is 0 Å². The number of pyridine rings is 1. The van der Waals surface area contributed by atoms with Gasteiger partial charge >= 0.3 is 6.18 Å². The van der Waals surface area contributed by atoms with E-state index >= 15 is 0 Å². The summed E-state index contributed by atoms with van der Waals surface area (Å²) in [5, 5.41) is 0. The monoisotopic (exact) mass is 452 g/mol. The number of aryl methyl sites for hydroxylation is 1. The van der Waals surface area contributed by atoms with E-state index in [1.165, 1.54) is 0 Å². The summed E-state index contributed by atoms with van der Waals surface area (Å²) in [6, 6.07) is 11.5. The average molecular weight is 452 g/mol. The molecule has 1 amide bonds. The van der Waals surface area contributed by atoms with Gasteiger partial charge in [-0.3, -0.25) is 9.78 Å². The lowest BCUT2D eigenvalue weighted by molar-refractivity contribution is -0.138. The molecule has 0 saturated carbocycles. The van der Waals surface area contributed by atoms with Crippen molar-refractivity contribution in [2.45, 2.75) is 50.9 Å². The molecule has 3 aromatic rings. The number of rotatable bonds is 4. The molecule has 0 radical (unpaired) electrons. The van der Waals surface area contributed by atoms with Crippen LogP contribution in [0.15, 0.2) is 55.0 Å². The van der Waals surface area contributed by atoms with Gasteiger partial charge in [-0.2, -0.15) is 13.2 Å². The van der Waals surface area contributed by atoms with Gasteiger partial charge in [-0.15, -0.1) is 0 Å². The number of carbonyl (C=O) groups is 1. The summed E-state index contributed by atoms with van der Waals surface area (Å²) in [6.45, 7) is 1.98. The number of aromatic nitrogens is 3. The maximum atomic E-state index is 13.7. The van der Waals surface area contributed by atoms with Crippen LogP contribution in [0.5, 0.6) is 0 Å². The van der Waals surface area contributed by atoms with Crippen LogP contribution in [0.1, 0.15) is 46.6 Å². The van der Waals surface area contributed by atoms with Crippen LogP contribution in [-0.2, 0) is 12.6 Å². The van der Waals surface area contributed by atoms with Crippen LogP contribution < -0.4 is 0 Å². The fraction of sp³-hybridized carbons (Fsp3) is 0.360. The summed E-state index contributed by atoms with van der Waals surface area (Å²) in [4.78, 5) is 28.1. The Kier molecular flexibility index (Phi) is 5.38. The van der Waals surface area contributed by atoms with Crippen molar-refractivity contribution in [3.05, 3.63) is 77.5 Å². The molecule has 4 heterocycles. The summed E-state index contributed by atoms with van der Waals surface area (Å²) >= 11 is 0. The first-order chi connectivity index (χ1) is 15.8. The van der Waals surface area contributed by atoms with Crippen molar-refractivity contribution < 1.29 is 18.0 Å². The van der Waals surface area contributed by atoms with Crippen LogP contribution in [0.25, 0.3) is 11.3 Å². The molecule has 1 aromatic carbocycles. The van der Waals surface area contributed by atoms with Crippen LogP contribution >= 0.6 is 0 Å². The van der Waals surface area contributed by atoms with Crippen LogP contribution in [-0.4, -0.2) is 37.8 Å². The number of halogens is 3. The zero-order valence-electron chi connectivity index (χ0n) is 18.1. The molecule has 2 aliphatic heterocycles. The second-order valence-corrected chi connectivity index (χ2v) is 8.81. The topological polar surface area (TPSA) is 59.0 Å². The van der Waals surface area contributed by atoms with Crippen molar-refractivity contribution in [3.8, 4) is 11.3 Å². The molecule has 3 atom stereocenters. The van der Waals surface area contributed by atoms with Crippen molar-refractivity contribution in [2.75, 3.05) is 0 Å². The van der Waals surface area contributed by atoms with Crippen LogP contribution in [0.2, 0.25) is 0 Å². The fourth-order valence-electron chi connectivity index (χ4n) is 5.33. The summed E-state index contributed by atoms with van der Waals surface area (Å²) in [6.07, 6.45) is 2.03. The van der Waals surface area contributed by atoms with E-state index in [9.17, 15) is 18.0 Å². The zero-order chi connectivity index (χ0) is 23.2. The number of nitrogens with zero attached hydrogens (tertiary/aromatic N) is 4. The maximum Gasteiger partial charge on any atom is 0.419 e. The van der Waals surface area contributed by atoms with Gasteiger partial charge in [0.2, 0.25) is 0 Å². The predicted molar refractivity (Wildman–Crippen MR) is 116 cm³/mol. The molecule has 5 rings (SSSR count). The average Bonchev–Trinajstić information content (AvgIpc) is 3.36. The molecule has 2 aliphatic rings. The fourth-order valence-corrected chi connectivity index (χ4v) is 5.33. The molecule has 2 bridgehead atoms. The molecular formula is C25H23F3N4O. The third-order valence-electron chi connectivity index (χ3n) is 6.80. The highest BCUT2D eigenvalue weighted by molar-refractivity contribution is 6.01. The minimum absolute atomic E-state index is 0.0114. The molecular weight excluding hydrogens is 429 g/mol. The zero-order valence-corrected chi connectivity index (χ0v) is 18.1. The van der Waals surface area contributed by atoms with Crippen LogP contribution in [0, 0.1) is 12.8 Å². The Labute approximate surface area is 189 Å². The Bertz CT molecular complexity index is 1160. The SMILES string of the molecule is Cc1cccc(C(=O)N2C3CCC2C(Cc2ncc(C(F)(F)F)cn2)C3)c1-c1ccccn1. The largest absolute Gasteiger partial charge is 0.419 e. The highest BCUT2D eigenvalue weighted by Gasteiger charge is 2.49. The highest BCUT2D eigenvalue weighted by atomic mass is 19.4. The summed E-state index contributed by atoms with van der Waals surface area (Å²) in [5.74, 6) is 0.507. The van der Waals surface area contributed by atoms with E-state index in [-0.39, 0.29) is 23.9 Å². The van der Waals surface area contributed by atoms with E-state index in [0.29, 0.717) is 17.8 Å². The Morgan fingerprint density at radius 3 is 2.55 bits per heavy atom. The van der Waals surface area contributed by atoms with Gasteiger partial charge in [0.15, 0.2) is 0 Å². The van der Waals surface area contributed by atoms with Crippen molar-refractivity contribution in [2.24, 2.45) is 5.92 Å². The van der Waals surface area contributed by atoms with E-state index in [0.717, 1.165) is 48.5 Å². The van der Waals surface area contributed by atoms with Crippen molar-refractivity contribution in [1.82, 2.24) is 19.9 Å². The smallest absolute Gasteiger partial charge is 0.332 e. The number of benzene rings is 1. The van der Waals surface area contributed by atoms with E-state index in [4.69, 9.17) is 0 Å². The molecule has 8 heteroatoms. The number of amides is 1. The molecule has 3 unspecified atom stereocenters. The van der Waals surface area contributed by atoms with Crippen LogP contribution in [0.3, 0.4) is 0 Å². The number of hydrogen-bond donors (Lipinski definition) is 0. The van der Waals surface area contributed by atoms with E-state index in [1.54, 1.807) is 6.20 Å². The quantitative estimate of drug-likeness (QED) is 0.553. The van der Waals surface area contributed by atoms with Gasteiger partial charge in [0.05, 0.1) is 11.3 Å². The first-order valence-corrected chi connectivity index (χ1v) is 11.0. The number of hydrogen-bond acceptors (Lipinski definition) is 4. The van der Waals surface area contributed by atoms with Gasteiger partial charge < -0.3 is 4.90 Å². The lowest BCUT2D eigenvalue weighted by atomic mass is 9.86. The van der Waals surface area contributed by atoms with Gasteiger partial charge in [-0.1, -0.05) is 18.2 Å². The second kappa shape index (κ2) is 8.24. The predicted octanol–water partition coefficient (Wildman–Crippen LogP) is 5.10. The Balaban J connectivity index is 1.39. The Hall–Kier alpha value is -3.29. The molecule has 0 N–H and O–H groups in total. The first-order valence-electron chi connectivity index (χ1n) is 11.0. The third kappa shape index (κ3) is 3.98. The number of fused-ring (bicyclic) bond motifs is 2. The van der Waals surface area contributed by atoms with Crippen molar-refractivity contribution >= 4 is 5.91 Å². The Morgan fingerprint density at radius 2 is 1.85 bits per heavy atom. The molecule has 170 valence electrons. The second-order valence-electron chi connectivity index (χ2n) is 8.81. The molecule has 2 saturated heterocycles. The molecule has 5 nitrogen and oxygen atoms in total. The summed E-state index contributed by atoms with van der Waals surface area (Å²) < 4.78 is 38.4. The maximum absolute atomic E-state index is 13.7. The normalized spacial score (nSPS) is 22.1. The number of carbonyl (C=O) groups excluding carboxylic acids is 1. The van der Waals surface area contributed by atoms with Gasteiger partial charge in [0.1, 0.15) is 5.82 Å². The van der Waals surface area contributed by atoms with Gasteiger partial charge in [0, 0.05) is 48.2 Å². The van der Waals surface area contributed by atoms with E-state index in [2.05, 4.69) is 15.0 Å². The lowest BCUT2D eigenvalue weighted by Crippen LogP contribution is -2.37. The molecule has 2 fully saturated rings. The number of alkyl halides is 3. The van der Waals surface area contributed by atoms with Gasteiger partial charge in [-0.25, -0.2) is 9.97 Å².